The average molecular weight is 440 g/mol. The first kappa shape index (κ1) is 23.1. The van der Waals surface area contributed by atoms with Crippen molar-refractivity contribution < 1.29 is 28.6 Å². The molecule has 0 spiro atoms. The van der Waals surface area contributed by atoms with Crippen LogP contribution in [0.4, 0.5) is 4.79 Å². The summed E-state index contributed by atoms with van der Waals surface area (Å²) in [5.41, 5.74) is 1.56. The molecule has 1 saturated heterocycles. The smallest absolute Gasteiger partial charge is 0.497 e. The van der Waals surface area contributed by atoms with Gasteiger partial charge in [0.25, 0.3) is 5.91 Å². The number of benzene rings is 2. The highest BCUT2D eigenvalue weighted by Crippen LogP contribution is 2.17. The normalized spacial score (nSPS) is 13.4. The fourth-order valence-corrected chi connectivity index (χ4v) is 3.49. The van der Waals surface area contributed by atoms with Crippen LogP contribution in [0, 0.1) is 0 Å². The van der Waals surface area contributed by atoms with Crippen molar-refractivity contribution in [1.82, 2.24) is 9.80 Å². The Morgan fingerprint density at radius 2 is 1.59 bits per heavy atom. The number of carbonyl (C=O) groups is 3. The van der Waals surface area contributed by atoms with Crippen molar-refractivity contribution in [2.24, 2.45) is 0 Å². The summed E-state index contributed by atoms with van der Waals surface area (Å²) in [6, 6.07) is 14.1. The molecule has 0 radical (unpaired) electrons. The molecule has 8 heteroatoms. The second-order valence-electron chi connectivity index (χ2n) is 7.33. The maximum Gasteiger partial charge on any atom is 0.513 e. The van der Waals surface area contributed by atoms with Crippen LogP contribution in [-0.2, 0) is 16.0 Å². The molecule has 0 unspecified atom stereocenters. The number of carbonyl (C=O) groups excluding carboxylic acids is 3. The minimum Gasteiger partial charge on any atom is -0.497 e. The molecular formula is C24H28N2O6. The lowest BCUT2D eigenvalue weighted by Gasteiger charge is -2.35. The zero-order chi connectivity index (χ0) is 22.9. The molecule has 1 heterocycles. The standard InChI is InChI=1S/C24H28N2O6/c1-3-31-24(29)32-20-10-8-19(9-11-20)23(28)26-15-13-25(14-16-26)22(27)12-7-18-5-4-6-21(17-18)30-2/h4-6,8-11,17H,3,7,12-16H2,1-2H3. The minimum atomic E-state index is -0.779. The zero-order valence-corrected chi connectivity index (χ0v) is 18.4. The molecular weight excluding hydrogens is 412 g/mol. The maximum atomic E-state index is 12.8. The monoisotopic (exact) mass is 440 g/mol. The molecule has 3 rings (SSSR count). The van der Waals surface area contributed by atoms with Gasteiger partial charge in [0.1, 0.15) is 11.5 Å². The number of hydrogen-bond acceptors (Lipinski definition) is 6. The van der Waals surface area contributed by atoms with Gasteiger partial charge in [-0.1, -0.05) is 12.1 Å². The van der Waals surface area contributed by atoms with Gasteiger partial charge in [-0.15, -0.1) is 0 Å². The minimum absolute atomic E-state index is 0.0837. The highest BCUT2D eigenvalue weighted by atomic mass is 16.7. The summed E-state index contributed by atoms with van der Waals surface area (Å²) in [5.74, 6) is 1.06. The SMILES string of the molecule is CCOC(=O)Oc1ccc(C(=O)N2CCN(C(=O)CCc3cccc(OC)c3)CC2)cc1. The van der Waals surface area contributed by atoms with E-state index in [2.05, 4.69) is 0 Å². The van der Waals surface area contributed by atoms with E-state index in [0.717, 1.165) is 11.3 Å². The van der Waals surface area contributed by atoms with E-state index < -0.39 is 6.16 Å². The summed E-state index contributed by atoms with van der Waals surface area (Å²) in [4.78, 5) is 40.2. The van der Waals surface area contributed by atoms with Crippen LogP contribution in [-0.4, -0.2) is 67.7 Å². The van der Waals surface area contributed by atoms with Crippen LogP contribution < -0.4 is 9.47 Å². The van der Waals surface area contributed by atoms with Crippen LogP contribution >= 0.6 is 0 Å². The van der Waals surface area contributed by atoms with Crippen molar-refractivity contribution in [3.63, 3.8) is 0 Å². The van der Waals surface area contributed by atoms with Crippen molar-refractivity contribution in [1.29, 1.82) is 0 Å². The molecule has 0 aliphatic carbocycles. The molecule has 0 N–H and O–H groups in total. The van der Waals surface area contributed by atoms with Crippen LogP contribution in [0.25, 0.3) is 0 Å². The van der Waals surface area contributed by atoms with E-state index >= 15 is 0 Å². The Morgan fingerprint density at radius 3 is 2.25 bits per heavy atom. The first-order valence-corrected chi connectivity index (χ1v) is 10.6. The summed E-state index contributed by atoms with van der Waals surface area (Å²) < 4.78 is 15.0. The van der Waals surface area contributed by atoms with Gasteiger partial charge in [0.05, 0.1) is 13.7 Å². The number of piperazine rings is 1. The average Bonchev–Trinajstić information content (AvgIpc) is 2.83. The van der Waals surface area contributed by atoms with E-state index in [1.807, 2.05) is 24.3 Å². The number of amides is 2. The Labute approximate surface area is 187 Å². The molecule has 1 aliphatic heterocycles. The molecule has 170 valence electrons. The number of ether oxygens (including phenoxy) is 3. The summed E-state index contributed by atoms with van der Waals surface area (Å²) in [7, 11) is 1.62. The van der Waals surface area contributed by atoms with Gasteiger partial charge >= 0.3 is 6.16 Å². The van der Waals surface area contributed by atoms with E-state index in [1.54, 1.807) is 48.1 Å². The van der Waals surface area contributed by atoms with Crippen molar-refractivity contribution in [3.8, 4) is 11.5 Å². The lowest BCUT2D eigenvalue weighted by molar-refractivity contribution is -0.132. The molecule has 2 amide bonds. The van der Waals surface area contributed by atoms with Gasteiger partial charge in [-0.25, -0.2) is 4.79 Å². The van der Waals surface area contributed by atoms with E-state index in [1.165, 1.54) is 0 Å². The highest BCUT2D eigenvalue weighted by Gasteiger charge is 2.24. The molecule has 8 nitrogen and oxygen atoms in total. The Bertz CT molecular complexity index is 936. The van der Waals surface area contributed by atoms with Crippen molar-refractivity contribution in [2.75, 3.05) is 39.9 Å². The first-order chi connectivity index (χ1) is 15.5. The maximum absolute atomic E-state index is 12.8. The van der Waals surface area contributed by atoms with Gasteiger partial charge in [0, 0.05) is 38.2 Å². The molecule has 0 aromatic heterocycles. The fraction of sp³-hybridized carbons (Fsp3) is 0.375. The van der Waals surface area contributed by atoms with Crippen molar-refractivity contribution >= 4 is 18.0 Å². The molecule has 32 heavy (non-hydrogen) atoms. The van der Waals surface area contributed by atoms with Crippen LogP contribution in [0.5, 0.6) is 11.5 Å². The molecule has 0 saturated carbocycles. The van der Waals surface area contributed by atoms with Crippen molar-refractivity contribution in [3.05, 3.63) is 59.7 Å². The van der Waals surface area contributed by atoms with Gasteiger partial charge in [0.2, 0.25) is 5.91 Å². The lowest BCUT2D eigenvalue weighted by Crippen LogP contribution is -2.50. The van der Waals surface area contributed by atoms with Gasteiger partial charge < -0.3 is 24.0 Å². The summed E-state index contributed by atoms with van der Waals surface area (Å²) in [5, 5.41) is 0. The predicted octanol–water partition coefficient (Wildman–Crippen LogP) is 3.15. The second kappa shape index (κ2) is 11.2. The molecule has 2 aromatic carbocycles. The molecule has 1 fully saturated rings. The lowest BCUT2D eigenvalue weighted by atomic mass is 10.1. The predicted molar refractivity (Wildman–Crippen MR) is 118 cm³/mol. The number of hydrogen-bond donors (Lipinski definition) is 0. The third kappa shape index (κ3) is 6.23. The Hall–Kier alpha value is -3.55. The molecule has 2 aromatic rings. The topological polar surface area (TPSA) is 85.4 Å². The number of nitrogens with zero attached hydrogens (tertiary/aromatic N) is 2. The first-order valence-electron chi connectivity index (χ1n) is 10.6. The van der Waals surface area contributed by atoms with E-state index in [4.69, 9.17) is 14.2 Å². The largest absolute Gasteiger partial charge is 0.513 e. The van der Waals surface area contributed by atoms with Gasteiger partial charge in [-0.3, -0.25) is 9.59 Å². The quantitative estimate of drug-likeness (QED) is 0.486. The van der Waals surface area contributed by atoms with Crippen LogP contribution in [0.2, 0.25) is 0 Å². The number of aryl methyl sites for hydroxylation is 1. The Balaban J connectivity index is 1.46. The van der Waals surface area contributed by atoms with E-state index in [0.29, 0.717) is 50.3 Å². The summed E-state index contributed by atoms with van der Waals surface area (Å²) >= 11 is 0. The fourth-order valence-electron chi connectivity index (χ4n) is 3.49. The summed E-state index contributed by atoms with van der Waals surface area (Å²) in [6.45, 7) is 3.89. The van der Waals surface area contributed by atoms with Crippen LogP contribution in [0.1, 0.15) is 29.3 Å². The van der Waals surface area contributed by atoms with Gasteiger partial charge in [-0.05, 0) is 55.3 Å². The van der Waals surface area contributed by atoms with Gasteiger partial charge in [-0.2, -0.15) is 0 Å². The highest BCUT2D eigenvalue weighted by molar-refractivity contribution is 5.94. The third-order valence-corrected chi connectivity index (χ3v) is 5.25. The van der Waals surface area contributed by atoms with Crippen LogP contribution in [0.3, 0.4) is 0 Å². The number of rotatable bonds is 7. The summed E-state index contributed by atoms with van der Waals surface area (Å²) in [6.07, 6.45) is 0.289. The number of methoxy groups -OCH3 is 1. The second-order valence-corrected chi connectivity index (χ2v) is 7.33. The van der Waals surface area contributed by atoms with E-state index in [-0.39, 0.29) is 18.4 Å². The molecule has 0 bridgehead atoms. The molecule has 1 aliphatic rings. The zero-order valence-electron chi connectivity index (χ0n) is 18.4. The van der Waals surface area contributed by atoms with Crippen LogP contribution in [0.15, 0.2) is 48.5 Å². The van der Waals surface area contributed by atoms with E-state index in [9.17, 15) is 14.4 Å². The van der Waals surface area contributed by atoms with Crippen molar-refractivity contribution in [2.45, 2.75) is 19.8 Å². The third-order valence-electron chi connectivity index (χ3n) is 5.25. The molecule has 0 atom stereocenters. The Kier molecular flexibility index (Phi) is 8.08. The Morgan fingerprint density at radius 1 is 0.906 bits per heavy atom. The van der Waals surface area contributed by atoms with Gasteiger partial charge in [0.15, 0.2) is 0 Å².